The third kappa shape index (κ3) is 5.97. The molecule has 3 aromatic rings. The maximum atomic E-state index is 13.3. The number of carbonyl (C=O) groups excluding carboxylic acids is 2. The van der Waals surface area contributed by atoms with E-state index in [0.717, 1.165) is 42.7 Å². The maximum Gasteiger partial charge on any atom is 0.253 e. The van der Waals surface area contributed by atoms with Crippen molar-refractivity contribution in [3.05, 3.63) is 95.6 Å². The Morgan fingerprint density at radius 1 is 0.971 bits per heavy atom. The molecule has 2 amide bonds. The minimum Gasteiger partial charge on any atom is -0.371 e. The van der Waals surface area contributed by atoms with E-state index in [-0.39, 0.29) is 11.8 Å². The zero-order valence-corrected chi connectivity index (χ0v) is 20.1. The number of carbonyl (C=O) groups is 2. The molecule has 0 spiro atoms. The van der Waals surface area contributed by atoms with Crippen molar-refractivity contribution in [1.29, 1.82) is 0 Å². The molecular weight excluding hydrogens is 446 g/mol. The Morgan fingerprint density at radius 2 is 1.62 bits per heavy atom. The second-order valence-electron chi connectivity index (χ2n) is 8.83. The van der Waals surface area contributed by atoms with E-state index in [0.29, 0.717) is 23.7 Å². The molecule has 1 saturated heterocycles. The SMILES string of the molecule is CC1CCN(c2ccc(NC(=O)C(Cl)c3ccccc3)cc2C(=O)NCc2ccccc2)CC1. The molecule has 6 heteroatoms. The molecule has 5 nitrogen and oxygen atoms in total. The number of piperidine rings is 1. The predicted molar refractivity (Wildman–Crippen MR) is 138 cm³/mol. The van der Waals surface area contributed by atoms with Gasteiger partial charge in [0.2, 0.25) is 5.91 Å². The van der Waals surface area contributed by atoms with E-state index in [1.165, 1.54) is 0 Å². The third-order valence-electron chi connectivity index (χ3n) is 6.25. The average Bonchev–Trinajstić information content (AvgIpc) is 2.88. The van der Waals surface area contributed by atoms with Gasteiger partial charge in [-0.2, -0.15) is 0 Å². The third-order valence-corrected chi connectivity index (χ3v) is 6.70. The molecule has 0 bridgehead atoms. The van der Waals surface area contributed by atoms with Crippen LogP contribution in [0.25, 0.3) is 0 Å². The first-order valence-corrected chi connectivity index (χ1v) is 12.2. The van der Waals surface area contributed by atoms with Crippen molar-refractivity contribution in [3.63, 3.8) is 0 Å². The van der Waals surface area contributed by atoms with Crippen molar-refractivity contribution in [2.75, 3.05) is 23.3 Å². The van der Waals surface area contributed by atoms with E-state index in [1.807, 2.05) is 72.8 Å². The van der Waals surface area contributed by atoms with Crippen molar-refractivity contribution in [3.8, 4) is 0 Å². The highest BCUT2D eigenvalue weighted by Gasteiger charge is 2.23. The van der Waals surface area contributed by atoms with Crippen LogP contribution in [0.5, 0.6) is 0 Å². The van der Waals surface area contributed by atoms with Crippen molar-refractivity contribution >= 4 is 34.8 Å². The van der Waals surface area contributed by atoms with E-state index in [1.54, 1.807) is 6.07 Å². The fraction of sp³-hybridized carbons (Fsp3) is 0.286. The minimum atomic E-state index is -0.820. The van der Waals surface area contributed by atoms with Gasteiger partial charge in [0.1, 0.15) is 5.38 Å². The van der Waals surface area contributed by atoms with Gasteiger partial charge in [-0.05, 0) is 48.1 Å². The van der Waals surface area contributed by atoms with Crippen LogP contribution < -0.4 is 15.5 Å². The lowest BCUT2D eigenvalue weighted by Crippen LogP contribution is -2.35. The van der Waals surface area contributed by atoms with Crippen molar-refractivity contribution in [2.45, 2.75) is 31.7 Å². The number of rotatable bonds is 7. The Morgan fingerprint density at radius 3 is 2.29 bits per heavy atom. The first-order chi connectivity index (χ1) is 16.5. The van der Waals surface area contributed by atoms with Gasteiger partial charge in [-0.1, -0.05) is 67.6 Å². The second kappa shape index (κ2) is 11.2. The smallest absolute Gasteiger partial charge is 0.253 e. The Bertz CT molecular complexity index is 1110. The lowest BCUT2D eigenvalue weighted by atomic mass is 9.97. The molecule has 4 rings (SSSR count). The minimum absolute atomic E-state index is 0.168. The monoisotopic (exact) mass is 475 g/mol. The lowest BCUT2D eigenvalue weighted by molar-refractivity contribution is -0.116. The molecule has 0 saturated carbocycles. The normalized spacial score (nSPS) is 14.9. The molecule has 1 aliphatic rings. The van der Waals surface area contributed by atoms with Crippen LogP contribution >= 0.6 is 11.6 Å². The number of anilines is 2. The zero-order chi connectivity index (χ0) is 23.9. The van der Waals surface area contributed by atoms with Gasteiger partial charge in [0.25, 0.3) is 5.91 Å². The fourth-order valence-corrected chi connectivity index (χ4v) is 4.37. The van der Waals surface area contributed by atoms with Crippen molar-refractivity contribution in [2.24, 2.45) is 5.92 Å². The fourth-order valence-electron chi connectivity index (χ4n) is 4.17. The lowest BCUT2D eigenvalue weighted by Gasteiger charge is -2.33. The van der Waals surface area contributed by atoms with Gasteiger partial charge in [-0.15, -0.1) is 11.6 Å². The Balaban J connectivity index is 1.55. The van der Waals surface area contributed by atoms with Gasteiger partial charge < -0.3 is 15.5 Å². The molecule has 1 atom stereocenters. The molecular formula is C28H30ClN3O2. The number of nitrogens with one attached hydrogen (secondary N) is 2. The Labute approximate surface area is 206 Å². The number of alkyl halides is 1. The molecule has 1 heterocycles. The van der Waals surface area contributed by atoms with Crippen LogP contribution in [0.3, 0.4) is 0 Å². The summed E-state index contributed by atoms with van der Waals surface area (Å²) in [6.07, 6.45) is 2.18. The van der Waals surface area contributed by atoms with Crippen LogP contribution in [0.4, 0.5) is 11.4 Å². The van der Waals surface area contributed by atoms with E-state index >= 15 is 0 Å². The second-order valence-corrected chi connectivity index (χ2v) is 9.27. The summed E-state index contributed by atoms with van der Waals surface area (Å²) in [5.74, 6) is 0.186. The van der Waals surface area contributed by atoms with Gasteiger partial charge in [0, 0.05) is 31.0 Å². The number of halogens is 1. The first-order valence-electron chi connectivity index (χ1n) is 11.7. The molecule has 3 aromatic carbocycles. The van der Waals surface area contributed by atoms with Crippen LogP contribution in [-0.2, 0) is 11.3 Å². The summed E-state index contributed by atoms with van der Waals surface area (Å²) in [4.78, 5) is 28.3. The van der Waals surface area contributed by atoms with Crippen LogP contribution in [0.1, 0.15) is 46.6 Å². The highest BCUT2D eigenvalue weighted by atomic mass is 35.5. The highest BCUT2D eigenvalue weighted by Crippen LogP contribution is 2.30. The van der Waals surface area contributed by atoms with Gasteiger partial charge in [0.05, 0.1) is 5.56 Å². The Hall–Kier alpha value is -3.31. The van der Waals surface area contributed by atoms with Crippen LogP contribution in [0.2, 0.25) is 0 Å². The number of hydrogen-bond donors (Lipinski definition) is 2. The summed E-state index contributed by atoms with van der Waals surface area (Å²) in [5.41, 5.74) is 3.74. The van der Waals surface area contributed by atoms with Crippen LogP contribution in [0.15, 0.2) is 78.9 Å². The Kier molecular flexibility index (Phi) is 7.86. The van der Waals surface area contributed by atoms with Crippen LogP contribution in [0, 0.1) is 5.92 Å². The average molecular weight is 476 g/mol. The van der Waals surface area contributed by atoms with E-state index in [9.17, 15) is 9.59 Å². The molecule has 0 aliphatic carbocycles. The number of hydrogen-bond acceptors (Lipinski definition) is 3. The summed E-state index contributed by atoms with van der Waals surface area (Å²) < 4.78 is 0. The molecule has 176 valence electrons. The summed E-state index contributed by atoms with van der Waals surface area (Å²) >= 11 is 6.39. The van der Waals surface area contributed by atoms with Crippen molar-refractivity contribution < 1.29 is 9.59 Å². The quantitative estimate of drug-likeness (QED) is 0.426. The largest absolute Gasteiger partial charge is 0.371 e. The van der Waals surface area contributed by atoms with Gasteiger partial charge in [-0.3, -0.25) is 9.59 Å². The summed E-state index contributed by atoms with van der Waals surface area (Å²) in [5, 5.41) is 5.09. The molecule has 0 aromatic heterocycles. The first kappa shape index (κ1) is 23.8. The highest BCUT2D eigenvalue weighted by molar-refractivity contribution is 6.32. The number of amides is 2. The summed E-state index contributed by atoms with van der Waals surface area (Å²) in [7, 11) is 0. The topological polar surface area (TPSA) is 61.4 Å². The van der Waals surface area contributed by atoms with E-state index in [2.05, 4.69) is 22.5 Å². The summed E-state index contributed by atoms with van der Waals surface area (Å²) in [6.45, 7) is 4.51. The molecule has 34 heavy (non-hydrogen) atoms. The zero-order valence-electron chi connectivity index (χ0n) is 19.3. The van der Waals surface area contributed by atoms with Crippen molar-refractivity contribution in [1.82, 2.24) is 5.32 Å². The van der Waals surface area contributed by atoms with Crippen LogP contribution in [-0.4, -0.2) is 24.9 Å². The van der Waals surface area contributed by atoms with Gasteiger partial charge >= 0.3 is 0 Å². The molecule has 1 aliphatic heterocycles. The van der Waals surface area contributed by atoms with Gasteiger partial charge in [0.15, 0.2) is 0 Å². The number of nitrogens with zero attached hydrogens (tertiary/aromatic N) is 1. The maximum absolute atomic E-state index is 13.3. The summed E-state index contributed by atoms with van der Waals surface area (Å²) in [6, 6.07) is 24.5. The molecule has 2 N–H and O–H groups in total. The standard InChI is InChI=1S/C28H30ClN3O2/c1-20-14-16-32(17-15-20)25-13-12-23(31-28(34)26(29)22-10-6-3-7-11-22)18-24(25)27(33)30-19-21-8-4-2-5-9-21/h2-13,18,20,26H,14-17,19H2,1H3,(H,30,33)(H,31,34). The van der Waals surface area contributed by atoms with E-state index < -0.39 is 5.38 Å². The van der Waals surface area contributed by atoms with Gasteiger partial charge in [-0.25, -0.2) is 0 Å². The number of benzene rings is 3. The van der Waals surface area contributed by atoms with E-state index in [4.69, 9.17) is 11.6 Å². The molecule has 1 fully saturated rings. The molecule has 1 unspecified atom stereocenters. The predicted octanol–water partition coefficient (Wildman–Crippen LogP) is 5.77. The molecule has 0 radical (unpaired) electrons.